The van der Waals surface area contributed by atoms with Crippen molar-refractivity contribution < 1.29 is 18.8 Å². The third-order valence-corrected chi connectivity index (χ3v) is 6.55. The lowest BCUT2D eigenvalue weighted by Crippen LogP contribution is -2.52. The molecule has 6 nitrogen and oxygen atoms in total. The largest absolute Gasteiger partial charge is 0.443 e. The van der Waals surface area contributed by atoms with Gasteiger partial charge in [-0.25, -0.2) is 9.59 Å². The number of aliphatic imine (C=N–C) groups is 1. The van der Waals surface area contributed by atoms with E-state index in [1.807, 2.05) is 0 Å². The molecule has 0 bridgehead atoms. The van der Waals surface area contributed by atoms with Crippen LogP contribution >= 0.6 is 0 Å². The van der Waals surface area contributed by atoms with Gasteiger partial charge in [0, 0.05) is 5.69 Å². The number of hydrogen-bond acceptors (Lipinski definition) is 4. The molecule has 1 aromatic carbocycles. The maximum Gasteiger partial charge on any atom is 0.411 e. The van der Waals surface area contributed by atoms with Gasteiger partial charge in [-0.1, -0.05) is 59.3 Å². The Kier molecular flexibility index (Phi) is 16.8. The van der Waals surface area contributed by atoms with E-state index in [9.17, 15) is 9.59 Å². The zero-order valence-electron chi connectivity index (χ0n) is 21.9. The van der Waals surface area contributed by atoms with Gasteiger partial charge in [-0.3, -0.25) is 5.32 Å². The van der Waals surface area contributed by atoms with Crippen molar-refractivity contribution in [3.63, 3.8) is 0 Å². The molecule has 0 aromatic heterocycles. The second kappa shape index (κ2) is 19.2. The number of benzene rings is 1. The van der Waals surface area contributed by atoms with Crippen molar-refractivity contribution in [3.05, 3.63) is 24.3 Å². The van der Waals surface area contributed by atoms with E-state index < -0.39 is 6.09 Å². The summed E-state index contributed by atoms with van der Waals surface area (Å²) in [7, 11) is 0. The summed E-state index contributed by atoms with van der Waals surface area (Å²) in [4.78, 5) is 26.3. The minimum Gasteiger partial charge on any atom is -0.443 e. The number of hydrogen-bond donors (Lipinski definition) is 1. The molecule has 0 aliphatic rings. The summed E-state index contributed by atoms with van der Waals surface area (Å²) in [6.45, 7) is 11.6. The van der Waals surface area contributed by atoms with Crippen LogP contribution in [-0.4, -0.2) is 49.4 Å². The third-order valence-electron chi connectivity index (χ3n) is 6.55. The molecule has 6 heteroatoms. The first-order chi connectivity index (χ1) is 16.6. The smallest absolute Gasteiger partial charge is 0.411 e. The van der Waals surface area contributed by atoms with Gasteiger partial charge in [-0.2, -0.15) is 4.99 Å². The number of isocyanates is 1. The first kappa shape index (κ1) is 29.9. The van der Waals surface area contributed by atoms with Gasteiger partial charge in [-0.15, -0.1) is 0 Å². The molecular formula is C28H48N3O3+. The predicted molar refractivity (Wildman–Crippen MR) is 141 cm³/mol. The van der Waals surface area contributed by atoms with Gasteiger partial charge in [0.25, 0.3) is 0 Å². The maximum atomic E-state index is 12.4. The highest BCUT2D eigenvalue weighted by molar-refractivity contribution is 5.84. The number of nitrogens with zero attached hydrogens (tertiary/aromatic N) is 2. The van der Waals surface area contributed by atoms with Crippen molar-refractivity contribution in [1.29, 1.82) is 0 Å². The van der Waals surface area contributed by atoms with Crippen LogP contribution in [0.15, 0.2) is 29.3 Å². The van der Waals surface area contributed by atoms with Crippen LogP contribution in [0, 0.1) is 0 Å². The number of carbonyl (C=O) groups is 1. The molecule has 0 saturated carbocycles. The van der Waals surface area contributed by atoms with Gasteiger partial charge < -0.3 is 9.22 Å². The summed E-state index contributed by atoms with van der Waals surface area (Å²) in [6, 6.07) is 6.72. The van der Waals surface area contributed by atoms with E-state index >= 15 is 0 Å². The lowest BCUT2D eigenvalue weighted by molar-refractivity contribution is -0.929. The Morgan fingerprint density at radius 2 is 1.29 bits per heavy atom. The van der Waals surface area contributed by atoms with Gasteiger partial charge in [0.15, 0.2) is 0 Å². The molecule has 0 saturated heterocycles. The third kappa shape index (κ3) is 13.5. The minimum absolute atomic E-state index is 0.425. The molecular weight excluding hydrogens is 426 g/mol. The number of ether oxygens (including phenoxy) is 1. The van der Waals surface area contributed by atoms with Gasteiger partial charge in [0.05, 0.1) is 25.3 Å². The fraction of sp³-hybridized carbons (Fsp3) is 0.714. The molecule has 0 atom stereocenters. The number of quaternary nitrogens is 1. The first-order valence-corrected chi connectivity index (χ1v) is 13.6. The van der Waals surface area contributed by atoms with E-state index in [1.54, 1.807) is 24.3 Å². The number of carbonyl (C=O) groups excluding carboxylic acids is 2. The predicted octanol–water partition coefficient (Wildman–Crippen LogP) is 7.76. The van der Waals surface area contributed by atoms with Crippen LogP contribution in [0.25, 0.3) is 0 Å². The molecule has 1 rings (SSSR count). The molecule has 34 heavy (non-hydrogen) atoms. The Hall–Kier alpha value is -2.17. The van der Waals surface area contributed by atoms with Crippen LogP contribution in [0.1, 0.15) is 97.8 Å². The topological polar surface area (TPSA) is 67.8 Å². The number of amides is 1. The van der Waals surface area contributed by atoms with E-state index in [0.717, 1.165) is 11.0 Å². The quantitative estimate of drug-likeness (QED) is 0.0908. The maximum absolute atomic E-state index is 12.4. The average Bonchev–Trinajstić information content (AvgIpc) is 2.84. The molecule has 0 aliphatic carbocycles. The minimum atomic E-state index is -0.437. The van der Waals surface area contributed by atoms with Crippen LogP contribution in [0.4, 0.5) is 16.2 Å². The molecule has 0 radical (unpaired) electrons. The van der Waals surface area contributed by atoms with E-state index in [-0.39, 0.29) is 0 Å². The summed E-state index contributed by atoms with van der Waals surface area (Å²) in [5.41, 5.74) is 1.12. The normalized spacial score (nSPS) is 11.1. The van der Waals surface area contributed by atoms with E-state index in [0.29, 0.717) is 18.0 Å². The molecule has 1 N–H and O–H groups in total. The fourth-order valence-corrected chi connectivity index (χ4v) is 4.45. The van der Waals surface area contributed by atoms with Gasteiger partial charge in [0.1, 0.15) is 13.2 Å². The zero-order chi connectivity index (χ0) is 24.9. The summed E-state index contributed by atoms with van der Waals surface area (Å²) >= 11 is 0. The Labute approximate surface area is 207 Å². The Balaban J connectivity index is 2.70. The van der Waals surface area contributed by atoms with E-state index in [2.05, 4.69) is 31.1 Å². The SMILES string of the molecule is CCCCCC[N+](CCCCCC)(CCCCCC)CCOC(=O)Nc1ccc(N=C=O)cc1. The zero-order valence-corrected chi connectivity index (χ0v) is 21.9. The van der Waals surface area contributed by atoms with Gasteiger partial charge >= 0.3 is 6.09 Å². The summed E-state index contributed by atoms with van der Waals surface area (Å²) in [5, 5.41) is 2.77. The second-order valence-electron chi connectivity index (χ2n) is 9.43. The highest BCUT2D eigenvalue weighted by Gasteiger charge is 2.26. The standard InChI is InChI=1S/C28H47N3O3/c1-4-7-10-13-20-31(21-14-11-8-5-2,22-15-12-9-6-3)23-24-34-28(33)30-27-18-16-26(17-19-27)29-25-32/h16-19H,4-15,20-24H2,1-3H3/p+1. The molecule has 0 fully saturated rings. The summed E-state index contributed by atoms with van der Waals surface area (Å²) < 4.78 is 6.68. The van der Waals surface area contributed by atoms with Crippen LogP contribution in [0.3, 0.4) is 0 Å². The monoisotopic (exact) mass is 474 g/mol. The Morgan fingerprint density at radius 1 is 0.794 bits per heavy atom. The van der Waals surface area contributed by atoms with Crippen molar-refractivity contribution in [3.8, 4) is 0 Å². The van der Waals surface area contributed by atoms with Crippen LogP contribution in [0.2, 0.25) is 0 Å². The first-order valence-electron chi connectivity index (χ1n) is 13.6. The van der Waals surface area contributed by atoms with Gasteiger partial charge in [0.2, 0.25) is 6.08 Å². The number of anilines is 1. The highest BCUT2D eigenvalue weighted by atomic mass is 16.5. The molecule has 0 spiro atoms. The number of nitrogens with one attached hydrogen (secondary N) is 1. The molecule has 0 aliphatic heterocycles. The van der Waals surface area contributed by atoms with Crippen molar-refractivity contribution in [2.45, 2.75) is 97.8 Å². The lowest BCUT2D eigenvalue weighted by Gasteiger charge is -2.39. The van der Waals surface area contributed by atoms with Crippen LogP contribution in [-0.2, 0) is 9.53 Å². The van der Waals surface area contributed by atoms with E-state index in [1.165, 1.54) is 103 Å². The van der Waals surface area contributed by atoms with Crippen LogP contribution < -0.4 is 5.32 Å². The highest BCUT2D eigenvalue weighted by Crippen LogP contribution is 2.18. The molecule has 1 amide bonds. The molecule has 1 aromatic rings. The molecule has 0 heterocycles. The van der Waals surface area contributed by atoms with Crippen molar-refractivity contribution in [2.75, 3.05) is 38.1 Å². The van der Waals surface area contributed by atoms with E-state index in [4.69, 9.17) is 4.74 Å². The Bertz CT molecular complexity index is 668. The molecule has 192 valence electrons. The van der Waals surface area contributed by atoms with Crippen molar-refractivity contribution in [1.82, 2.24) is 0 Å². The average molecular weight is 475 g/mol. The number of unbranched alkanes of at least 4 members (excludes halogenated alkanes) is 9. The fourth-order valence-electron chi connectivity index (χ4n) is 4.45. The Morgan fingerprint density at radius 3 is 1.74 bits per heavy atom. The van der Waals surface area contributed by atoms with Crippen molar-refractivity contribution in [2.24, 2.45) is 4.99 Å². The molecule has 0 unspecified atom stereocenters. The lowest BCUT2D eigenvalue weighted by atomic mass is 10.1. The second-order valence-corrected chi connectivity index (χ2v) is 9.43. The summed E-state index contributed by atoms with van der Waals surface area (Å²) in [6.07, 6.45) is 16.3. The number of rotatable bonds is 20. The summed E-state index contributed by atoms with van der Waals surface area (Å²) in [5.74, 6) is 0. The van der Waals surface area contributed by atoms with Gasteiger partial charge in [-0.05, 0) is 62.8 Å². The van der Waals surface area contributed by atoms with Crippen LogP contribution in [0.5, 0.6) is 0 Å². The van der Waals surface area contributed by atoms with Crippen molar-refractivity contribution >= 4 is 23.5 Å².